The summed E-state index contributed by atoms with van der Waals surface area (Å²) in [6, 6.07) is 10.0. The first-order chi connectivity index (χ1) is 9.83. The molecule has 0 saturated carbocycles. The number of benzene rings is 1. The van der Waals surface area contributed by atoms with Gasteiger partial charge in [-0.1, -0.05) is 31.2 Å². The van der Waals surface area contributed by atoms with Gasteiger partial charge in [0.25, 0.3) is 0 Å². The van der Waals surface area contributed by atoms with Crippen molar-refractivity contribution in [3.05, 3.63) is 35.4 Å². The van der Waals surface area contributed by atoms with Crippen LogP contribution in [-0.2, 0) is 11.2 Å². The molecular weight excluding hydrogens is 248 g/mol. The van der Waals surface area contributed by atoms with Crippen molar-refractivity contribution in [1.29, 1.82) is 0 Å². The molecule has 1 aromatic rings. The minimum atomic E-state index is 0.498. The third-order valence-electron chi connectivity index (χ3n) is 4.82. The van der Waals surface area contributed by atoms with Gasteiger partial charge in [-0.15, -0.1) is 0 Å². The predicted octanol–water partition coefficient (Wildman–Crippen LogP) is 2.23. The molecule has 1 aliphatic carbocycles. The smallest absolute Gasteiger partial charge is 0.0503 e. The molecule has 1 N–H and O–H groups in total. The molecule has 3 atom stereocenters. The van der Waals surface area contributed by atoms with E-state index in [0.29, 0.717) is 18.0 Å². The molecule has 0 amide bonds. The molecule has 1 heterocycles. The van der Waals surface area contributed by atoms with Crippen molar-refractivity contribution in [1.82, 2.24) is 10.2 Å². The molecule has 3 heteroatoms. The van der Waals surface area contributed by atoms with Crippen molar-refractivity contribution < 1.29 is 4.74 Å². The number of nitrogens with zero attached hydrogens (tertiary/aromatic N) is 1. The van der Waals surface area contributed by atoms with Crippen LogP contribution in [0.4, 0.5) is 0 Å². The minimum absolute atomic E-state index is 0.498. The first-order valence-corrected chi connectivity index (χ1v) is 7.87. The summed E-state index contributed by atoms with van der Waals surface area (Å²) in [7, 11) is 1.82. The van der Waals surface area contributed by atoms with Crippen molar-refractivity contribution in [2.24, 2.45) is 5.92 Å². The molecule has 0 aromatic heterocycles. The van der Waals surface area contributed by atoms with Crippen molar-refractivity contribution in [2.75, 3.05) is 33.4 Å². The van der Waals surface area contributed by atoms with Crippen molar-refractivity contribution in [3.8, 4) is 0 Å². The number of likely N-dealkylation sites (N-methyl/N-ethyl adjacent to an activating group) is 1. The van der Waals surface area contributed by atoms with E-state index in [1.807, 2.05) is 7.11 Å². The molecule has 3 rings (SSSR count). The molecule has 1 aromatic carbocycles. The number of fused-ring (bicyclic) bond motifs is 1. The summed E-state index contributed by atoms with van der Waals surface area (Å²) in [6.07, 6.45) is 2.47. The van der Waals surface area contributed by atoms with Crippen LogP contribution in [-0.4, -0.2) is 44.3 Å². The third-order valence-corrected chi connectivity index (χ3v) is 4.82. The van der Waals surface area contributed by atoms with Crippen molar-refractivity contribution in [2.45, 2.75) is 31.8 Å². The quantitative estimate of drug-likeness (QED) is 0.891. The fourth-order valence-electron chi connectivity index (χ4n) is 3.92. The maximum atomic E-state index is 5.33. The van der Waals surface area contributed by atoms with Crippen LogP contribution < -0.4 is 5.32 Å². The van der Waals surface area contributed by atoms with Gasteiger partial charge in [-0.25, -0.2) is 0 Å². The monoisotopic (exact) mass is 274 g/mol. The first-order valence-electron chi connectivity index (χ1n) is 7.87. The van der Waals surface area contributed by atoms with Crippen molar-refractivity contribution >= 4 is 0 Å². The lowest BCUT2D eigenvalue weighted by Gasteiger charge is -2.30. The van der Waals surface area contributed by atoms with E-state index in [1.165, 1.54) is 37.1 Å². The Morgan fingerprint density at radius 2 is 2.20 bits per heavy atom. The fraction of sp³-hybridized carbons (Fsp3) is 0.647. The molecule has 20 heavy (non-hydrogen) atoms. The molecular formula is C17H26N2O. The van der Waals surface area contributed by atoms with E-state index in [-0.39, 0.29) is 0 Å². The topological polar surface area (TPSA) is 24.5 Å². The number of methoxy groups -OCH3 is 1. The van der Waals surface area contributed by atoms with Gasteiger partial charge in [-0.3, -0.25) is 4.90 Å². The number of hydrogen-bond acceptors (Lipinski definition) is 3. The lowest BCUT2D eigenvalue weighted by Crippen LogP contribution is -2.42. The molecule has 0 spiro atoms. The Labute approximate surface area is 122 Å². The molecule has 0 radical (unpaired) electrons. The highest BCUT2D eigenvalue weighted by Gasteiger charge is 2.38. The SMILES string of the molecule is CCNC1c2ccccc2CC1N1CCC(COC)C1. The van der Waals surface area contributed by atoms with Gasteiger partial charge in [0.1, 0.15) is 0 Å². The van der Waals surface area contributed by atoms with E-state index in [1.54, 1.807) is 0 Å². The summed E-state index contributed by atoms with van der Waals surface area (Å²) in [5, 5.41) is 3.70. The Balaban J connectivity index is 1.74. The highest BCUT2D eigenvalue weighted by atomic mass is 16.5. The number of rotatable bonds is 5. The van der Waals surface area contributed by atoms with Gasteiger partial charge in [0.05, 0.1) is 6.61 Å². The molecule has 1 aliphatic heterocycles. The summed E-state index contributed by atoms with van der Waals surface area (Å²) < 4.78 is 5.33. The van der Waals surface area contributed by atoms with Gasteiger partial charge >= 0.3 is 0 Å². The van der Waals surface area contributed by atoms with E-state index in [0.717, 1.165) is 13.2 Å². The highest BCUT2D eigenvalue weighted by Crippen LogP contribution is 2.36. The lowest BCUT2D eigenvalue weighted by atomic mass is 10.1. The Morgan fingerprint density at radius 1 is 1.35 bits per heavy atom. The van der Waals surface area contributed by atoms with E-state index in [4.69, 9.17) is 4.74 Å². The predicted molar refractivity (Wildman–Crippen MR) is 81.9 cm³/mol. The van der Waals surface area contributed by atoms with Crippen LogP contribution in [0.5, 0.6) is 0 Å². The zero-order valence-electron chi connectivity index (χ0n) is 12.6. The second-order valence-electron chi connectivity index (χ2n) is 6.11. The highest BCUT2D eigenvalue weighted by molar-refractivity contribution is 5.37. The lowest BCUT2D eigenvalue weighted by molar-refractivity contribution is 0.141. The molecule has 1 fully saturated rings. The number of ether oxygens (including phenoxy) is 1. The van der Waals surface area contributed by atoms with Gasteiger partial charge in [-0.05, 0) is 43.0 Å². The van der Waals surface area contributed by atoms with Gasteiger partial charge in [0.2, 0.25) is 0 Å². The molecule has 2 aliphatic rings. The average molecular weight is 274 g/mol. The fourth-order valence-corrected chi connectivity index (χ4v) is 3.92. The molecule has 110 valence electrons. The standard InChI is InChI=1S/C17H26N2O/c1-3-18-17-15-7-5-4-6-14(15)10-16(17)19-9-8-13(11-19)12-20-2/h4-7,13,16-18H,3,8-12H2,1-2H3. The minimum Gasteiger partial charge on any atom is -0.384 e. The summed E-state index contributed by atoms with van der Waals surface area (Å²) in [5.74, 6) is 0.714. The van der Waals surface area contributed by atoms with Gasteiger partial charge in [-0.2, -0.15) is 0 Å². The molecule has 3 nitrogen and oxygen atoms in total. The van der Waals surface area contributed by atoms with Gasteiger partial charge in [0.15, 0.2) is 0 Å². The Hall–Kier alpha value is -0.900. The summed E-state index contributed by atoms with van der Waals surface area (Å²) in [4.78, 5) is 2.68. The zero-order valence-corrected chi connectivity index (χ0v) is 12.6. The molecule has 3 unspecified atom stereocenters. The van der Waals surface area contributed by atoms with Gasteiger partial charge in [0, 0.05) is 25.7 Å². The van der Waals surface area contributed by atoms with Crippen LogP contribution in [0.3, 0.4) is 0 Å². The van der Waals surface area contributed by atoms with Gasteiger partial charge < -0.3 is 10.1 Å². The van der Waals surface area contributed by atoms with E-state index in [2.05, 4.69) is 41.4 Å². The maximum absolute atomic E-state index is 5.33. The van der Waals surface area contributed by atoms with Crippen LogP contribution in [0.1, 0.15) is 30.5 Å². The van der Waals surface area contributed by atoms with Crippen molar-refractivity contribution in [3.63, 3.8) is 0 Å². The summed E-state index contributed by atoms with van der Waals surface area (Å²) in [5.41, 5.74) is 3.04. The number of hydrogen-bond donors (Lipinski definition) is 1. The second-order valence-corrected chi connectivity index (χ2v) is 6.11. The number of likely N-dealkylation sites (tertiary alicyclic amines) is 1. The Kier molecular flexibility index (Phi) is 4.39. The third kappa shape index (κ3) is 2.62. The normalized spacial score (nSPS) is 29.8. The largest absolute Gasteiger partial charge is 0.384 e. The Bertz CT molecular complexity index is 448. The van der Waals surface area contributed by atoms with Crippen LogP contribution in [0.25, 0.3) is 0 Å². The summed E-state index contributed by atoms with van der Waals surface area (Å²) in [6.45, 7) is 6.55. The van der Waals surface area contributed by atoms with Crippen LogP contribution >= 0.6 is 0 Å². The first kappa shape index (κ1) is 14.1. The van der Waals surface area contributed by atoms with E-state index in [9.17, 15) is 0 Å². The molecule has 1 saturated heterocycles. The van der Waals surface area contributed by atoms with Crippen LogP contribution in [0.2, 0.25) is 0 Å². The summed E-state index contributed by atoms with van der Waals surface area (Å²) >= 11 is 0. The maximum Gasteiger partial charge on any atom is 0.0503 e. The Morgan fingerprint density at radius 3 is 3.00 bits per heavy atom. The van der Waals surface area contributed by atoms with E-state index >= 15 is 0 Å². The second kappa shape index (κ2) is 6.25. The zero-order chi connectivity index (χ0) is 13.9. The van der Waals surface area contributed by atoms with Crippen LogP contribution in [0.15, 0.2) is 24.3 Å². The average Bonchev–Trinajstić information content (AvgIpc) is 3.05. The number of nitrogens with one attached hydrogen (secondary N) is 1. The van der Waals surface area contributed by atoms with E-state index < -0.39 is 0 Å². The van der Waals surface area contributed by atoms with Crippen LogP contribution in [0, 0.1) is 5.92 Å². The molecule has 0 bridgehead atoms.